The summed E-state index contributed by atoms with van der Waals surface area (Å²) in [4.78, 5) is 13.9. The topological polar surface area (TPSA) is 72.1 Å². The van der Waals surface area contributed by atoms with Crippen LogP contribution in [0, 0.1) is 0 Å². The third-order valence-electron chi connectivity index (χ3n) is 3.13. The number of rotatable bonds is 3. The van der Waals surface area contributed by atoms with Crippen LogP contribution in [0.1, 0.15) is 28.9 Å². The van der Waals surface area contributed by atoms with Gasteiger partial charge in [0.25, 0.3) is 5.91 Å². The summed E-state index contributed by atoms with van der Waals surface area (Å²) < 4.78 is 0. The minimum Gasteiger partial charge on any atom is -0.399 e. The molecule has 5 heteroatoms. The molecular formula is C14H16N4O. The van der Waals surface area contributed by atoms with Gasteiger partial charge in [-0.3, -0.25) is 4.79 Å². The number of anilines is 1. The summed E-state index contributed by atoms with van der Waals surface area (Å²) in [6.07, 6.45) is 2.97. The fraction of sp³-hybridized carbons (Fsp3) is 0.214. The van der Waals surface area contributed by atoms with Crippen molar-refractivity contribution in [2.45, 2.75) is 13.0 Å². The Morgan fingerprint density at radius 2 is 2.11 bits per heavy atom. The first-order valence-electron chi connectivity index (χ1n) is 5.99. The van der Waals surface area contributed by atoms with E-state index in [0.717, 1.165) is 5.56 Å². The number of carbonyl (C=O) groups excluding carboxylic acids is 1. The quantitative estimate of drug-likeness (QED) is 0.851. The van der Waals surface area contributed by atoms with Crippen LogP contribution in [0.3, 0.4) is 0 Å². The van der Waals surface area contributed by atoms with Crippen LogP contribution < -0.4 is 5.73 Å². The van der Waals surface area contributed by atoms with Crippen molar-refractivity contribution < 1.29 is 4.79 Å². The Bertz CT molecular complexity index is 571. The first-order valence-corrected chi connectivity index (χ1v) is 5.99. The average molecular weight is 256 g/mol. The van der Waals surface area contributed by atoms with Gasteiger partial charge in [0.05, 0.1) is 24.0 Å². The van der Waals surface area contributed by atoms with Gasteiger partial charge in [0.1, 0.15) is 0 Å². The molecule has 98 valence electrons. The molecule has 1 heterocycles. The van der Waals surface area contributed by atoms with Crippen molar-refractivity contribution in [3.8, 4) is 0 Å². The first kappa shape index (κ1) is 13.0. The van der Waals surface area contributed by atoms with Gasteiger partial charge in [0, 0.05) is 12.7 Å². The number of nitrogens with two attached hydrogens (primary N) is 1. The van der Waals surface area contributed by atoms with E-state index in [1.807, 2.05) is 31.2 Å². The molecule has 0 fully saturated rings. The molecule has 0 aliphatic heterocycles. The SMILES string of the molecule is CC(c1cccc(N)c1)N(C)C(=O)c1ccnnc1. The Labute approximate surface area is 112 Å². The van der Waals surface area contributed by atoms with Gasteiger partial charge in [0.2, 0.25) is 0 Å². The van der Waals surface area contributed by atoms with Crippen LogP contribution >= 0.6 is 0 Å². The molecular weight excluding hydrogens is 240 g/mol. The number of nitrogens with zero attached hydrogens (tertiary/aromatic N) is 3. The lowest BCUT2D eigenvalue weighted by Gasteiger charge is -2.25. The van der Waals surface area contributed by atoms with E-state index in [2.05, 4.69) is 10.2 Å². The molecule has 2 aromatic rings. The molecule has 19 heavy (non-hydrogen) atoms. The van der Waals surface area contributed by atoms with Gasteiger partial charge >= 0.3 is 0 Å². The maximum Gasteiger partial charge on any atom is 0.255 e. The fourth-order valence-corrected chi connectivity index (χ4v) is 1.84. The summed E-state index contributed by atoms with van der Waals surface area (Å²) in [6.45, 7) is 1.96. The lowest BCUT2D eigenvalue weighted by molar-refractivity contribution is 0.0742. The van der Waals surface area contributed by atoms with Gasteiger partial charge in [-0.1, -0.05) is 12.1 Å². The molecule has 0 spiro atoms. The van der Waals surface area contributed by atoms with Crippen molar-refractivity contribution in [1.82, 2.24) is 15.1 Å². The fourth-order valence-electron chi connectivity index (χ4n) is 1.84. The highest BCUT2D eigenvalue weighted by atomic mass is 16.2. The molecule has 0 aliphatic rings. The molecule has 1 aromatic carbocycles. The lowest BCUT2D eigenvalue weighted by Crippen LogP contribution is -2.29. The highest BCUT2D eigenvalue weighted by Gasteiger charge is 2.19. The minimum absolute atomic E-state index is 0.0656. The molecule has 2 N–H and O–H groups in total. The Hall–Kier alpha value is -2.43. The number of aromatic nitrogens is 2. The van der Waals surface area contributed by atoms with Crippen molar-refractivity contribution >= 4 is 11.6 Å². The molecule has 0 saturated heterocycles. The largest absolute Gasteiger partial charge is 0.399 e. The van der Waals surface area contributed by atoms with E-state index in [9.17, 15) is 4.79 Å². The van der Waals surface area contributed by atoms with Crippen LogP contribution in [-0.2, 0) is 0 Å². The Morgan fingerprint density at radius 3 is 2.74 bits per heavy atom. The molecule has 0 saturated carbocycles. The Morgan fingerprint density at radius 1 is 1.32 bits per heavy atom. The molecule has 0 bridgehead atoms. The van der Waals surface area contributed by atoms with Crippen LogP contribution in [0.15, 0.2) is 42.7 Å². The summed E-state index contributed by atoms with van der Waals surface area (Å²) in [5.74, 6) is -0.0928. The Balaban J connectivity index is 2.20. The molecule has 1 unspecified atom stereocenters. The zero-order valence-corrected chi connectivity index (χ0v) is 10.9. The van der Waals surface area contributed by atoms with Crippen LogP contribution in [0.25, 0.3) is 0 Å². The second-order valence-electron chi connectivity index (χ2n) is 4.39. The van der Waals surface area contributed by atoms with E-state index in [0.29, 0.717) is 11.3 Å². The van der Waals surface area contributed by atoms with Crippen molar-refractivity contribution in [3.05, 3.63) is 53.9 Å². The number of benzene rings is 1. The zero-order valence-electron chi connectivity index (χ0n) is 10.9. The predicted molar refractivity (Wildman–Crippen MR) is 73.4 cm³/mol. The van der Waals surface area contributed by atoms with E-state index >= 15 is 0 Å². The second kappa shape index (κ2) is 5.48. The third-order valence-corrected chi connectivity index (χ3v) is 3.13. The number of carbonyl (C=O) groups is 1. The second-order valence-corrected chi connectivity index (χ2v) is 4.39. The lowest BCUT2D eigenvalue weighted by atomic mass is 10.1. The minimum atomic E-state index is -0.0928. The third kappa shape index (κ3) is 2.88. The van der Waals surface area contributed by atoms with Gasteiger partial charge < -0.3 is 10.6 Å². The first-order chi connectivity index (χ1) is 9.09. The summed E-state index contributed by atoms with van der Waals surface area (Å²) in [5, 5.41) is 7.38. The molecule has 0 aliphatic carbocycles. The molecule has 5 nitrogen and oxygen atoms in total. The van der Waals surface area contributed by atoms with Gasteiger partial charge in [-0.2, -0.15) is 10.2 Å². The van der Waals surface area contributed by atoms with E-state index < -0.39 is 0 Å². The smallest absolute Gasteiger partial charge is 0.255 e. The van der Waals surface area contributed by atoms with Crippen molar-refractivity contribution in [2.75, 3.05) is 12.8 Å². The summed E-state index contributed by atoms with van der Waals surface area (Å²) in [6, 6.07) is 9.12. The zero-order chi connectivity index (χ0) is 13.8. The maximum atomic E-state index is 12.3. The van der Waals surface area contributed by atoms with Crippen LogP contribution in [0.5, 0.6) is 0 Å². The van der Waals surface area contributed by atoms with Gasteiger partial charge in [-0.25, -0.2) is 0 Å². The van der Waals surface area contributed by atoms with Crippen molar-refractivity contribution in [3.63, 3.8) is 0 Å². The van der Waals surface area contributed by atoms with E-state index in [1.165, 1.54) is 12.4 Å². The summed E-state index contributed by atoms with van der Waals surface area (Å²) in [7, 11) is 1.76. The molecule has 2 rings (SSSR count). The average Bonchev–Trinajstić information content (AvgIpc) is 2.46. The number of nitrogen functional groups attached to an aromatic ring is 1. The Kier molecular flexibility index (Phi) is 3.75. The van der Waals surface area contributed by atoms with Crippen LogP contribution in [0.2, 0.25) is 0 Å². The molecule has 1 amide bonds. The number of hydrogen-bond donors (Lipinski definition) is 1. The summed E-state index contributed by atoms with van der Waals surface area (Å²) in [5.41, 5.74) is 7.97. The highest BCUT2D eigenvalue weighted by molar-refractivity contribution is 5.93. The molecule has 0 radical (unpaired) electrons. The van der Waals surface area contributed by atoms with E-state index in [-0.39, 0.29) is 11.9 Å². The van der Waals surface area contributed by atoms with Crippen molar-refractivity contribution in [2.24, 2.45) is 0 Å². The normalized spacial score (nSPS) is 11.9. The van der Waals surface area contributed by atoms with Gasteiger partial charge in [-0.15, -0.1) is 0 Å². The van der Waals surface area contributed by atoms with E-state index in [4.69, 9.17) is 5.73 Å². The van der Waals surface area contributed by atoms with Crippen LogP contribution in [-0.4, -0.2) is 28.1 Å². The summed E-state index contributed by atoms with van der Waals surface area (Å²) >= 11 is 0. The van der Waals surface area contributed by atoms with Gasteiger partial charge in [0.15, 0.2) is 0 Å². The van der Waals surface area contributed by atoms with Crippen LogP contribution in [0.4, 0.5) is 5.69 Å². The predicted octanol–water partition coefficient (Wildman–Crippen LogP) is 1.89. The number of hydrogen-bond acceptors (Lipinski definition) is 4. The van der Waals surface area contributed by atoms with Crippen molar-refractivity contribution in [1.29, 1.82) is 0 Å². The molecule has 1 aromatic heterocycles. The maximum absolute atomic E-state index is 12.3. The standard InChI is InChI=1S/C14H16N4O/c1-10(11-4-3-5-13(15)8-11)18(2)14(19)12-6-7-16-17-9-12/h3-10H,15H2,1-2H3. The number of amides is 1. The monoisotopic (exact) mass is 256 g/mol. The molecule has 1 atom stereocenters. The van der Waals surface area contributed by atoms with Gasteiger partial charge in [-0.05, 0) is 30.7 Å². The highest BCUT2D eigenvalue weighted by Crippen LogP contribution is 2.22. The van der Waals surface area contributed by atoms with E-state index in [1.54, 1.807) is 18.0 Å².